The number of hydrogen-bond acceptors (Lipinski definition) is 4. The number of benzene rings is 2. The molecule has 0 atom stereocenters. The first kappa shape index (κ1) is 18.8. The Kier molecular flexibility index (Phi) is 6.41. The summed E-state index contributed by atoms with van der Waals surface area (Å²) < 4.78 is 48.6. The number of para-hydroxylation sites is 1. The number of rotatable bonds is 7. The SMILES string of the molecule is CCOCCOC(=O)c1ccccc1Nc1cccc(C(F)(F)F)c1. The van der Waals surface area contributed by atoms with Crippen LogP contribution in [-0.2, 0) is 15.7 Å². The van der Waals surface area contributed by atoms with Crippen molar-refractivity contribution in [1.82, 2.24) is 0 Å². The average Bonchev–Trinajstić information content (AvgIpc) is 2.58. The van der Waals surface area contributed by atoms with E-state index in [0.717, 1.165) is 12.1 Å². The number of alkyl halides is 3. The van der Waals surface area contributed by atoms with E-state index < -0.39 is 17.7 Å². The predicted molar refractivity (Wildman–Crippen MR) is 87.9 cm³/mol. The highest BCUT2D eigenvalue weighted by atomic mass is 19.4. The summed E-state index contributed by atoms with van der Waals surface area (Å²) in [4.78, 5) is 12.1. The molecule has 0 bridgehead atoms. The van der Waals surface area contributed by atoms with Gasteiger partial charge in [0.15, 0.2) is 0 Å². The van der Waals surface area contributed by atoms with Crippen LogP contribution in [0.25, 0.3) is 0 Å². The molecule has 0 saturated heterocycles. The van der Waals surface area contributed by atoms with E-state index in [1.165, 1.54) is 12.1 Å². The topological polar surface area (TPSA) is 47.6 Å². The Bertz CT molecular complexity index is 717. The van der Waals surface area contributed by atoms with Gasteiger partial charge in [0.05, 0.1) is 23.4 Å². The molecule has 0 fully saturated rings. The van der Waals surface area contributed by atoms with Crippen LogP contribution in [0.4, 0.5) is 24.5 Å². The molecular formula is C18H18F3NO3. The molecule has 4 nitrogen and oxygen atoms in total. The van der Waals surface area contributed by atoms with E-state index in [1.54, 1.807) is 24.3 Å². The van der Waals surface area contributed by atoms with Crippen molar-refractivity contribution in [1.29, 1.82) is 0 Å². The Morgan fingerprint density at radius 3 is 2.56 bits per heavy atom. The van der Waals surface area contributed by atoms with Gasteiger partial charge in [-0.1, -0.05) is 18.2 Å². The molecular weight excluding hydrogens is 335 g/mol. The molecule has 0 aromatic heterocycles. The second-order valence-electron chi connectivity index (χ2n) is 5.08. The largest absolute Gasteiger partial charge is 0.460 e. The fourth-order valence-electron chi connectivity index (χ4n) is 2.11. The van der Waals surface area contributed by atoms with Crippen LogP contribution in [0.15, 0.2) is 48.5 Å². The lowest BCUT2D eigenvalue weighted by atomic mass is 10.1. The van der Waals surface area contributed by atoms with Gasteiger partial charge in [-0.05, 0) is 37.3 Å². The minimum atomic E-state index is -4.44. The van der Waals surface area contributed by atoms with Crippen molar-refractivity contribution in [2.45, 2.75) is 13.1 Å². The molecule has 0 amide bonds. The first-order chi connectivity index (χ1) is 11.9. The second kappa shape index (κ2) is 8.53. The van der Waals surface area contributed by atoms with E-state index in [1.807, 2.05) is 6.92 Å². The molecule has 0 unspecified atom stereocenters. The molecule has 0 saturated carbocycles. The highest BCUT2D eigenvalue weighted by Gasteiger charge is 2.30. The normalized spacial score (nSPS) is 11.2. The van der Waals surface area contributed by atoms with Gasteiger partial charge in [0.1, 0.15) is 6.61 Å². The van der Waals surface area contributed by atoms with Crippen LogP contribution in [-0.4, -0.2) is 25.8 Å². The lowest BCUT2D eigenvalue weighted by molar-refractivity contribution is -0.137. The number of anilines is 2. The number of hydrogen-bond donors (Lipinski definition) is 1. The van der Waals surface area contributed by atoms with E-state index in [0.29, 0.717) is 12.3 Å². The number of ether oxygens (including phenoxy) is 2. The number of halogens is 3. The van der Waals surface area contributed by atoms with Crippen LogP contribution >= 0.6 is 0 Å². The van der Waals surface area contributed by atoms with Crippen molar-refractivity contribution in [3.05, 3.63) is 59.7 Å². The molecule has 0 radical (unpaired) electrons. The lowest BCUT2D eigenvalue weighted by Gasteiger charge is -2.13. The minimum Gasteiger partial charge on any atom is -0.460 e. The average molecular weight is 353 g/mol. The van der Waals surface area contributed by atoms with Crippen LogP contribution in [0.5, 0.6) is 0 Å². The van der Waals surface area contributed by atoms with Gasteiger partial charge in [-0.3, -0.25) is 0 Å². The monoisotopic (exact) mass is 353 g/mol. The molecule has 1 N–H and O–H groups in total. The standard InChI is InChI=1S/C18H18F3NO3/c1-2-24-10-11-25-17(23)15-8-3-4-9-16(15)22-14-7-5-6-13(12-14)18(19,20)21/h3-9,12,22H,2,10-11H2,1H3. The lowest BCUT2D eigenvalue weighted by Crippen LogP contribution is -2.12. The summed E-state index contributed by atoms with van der Waals surface area (Å²) in [6.07, 6.45) is -4.44. The van der Waals surface area contributed by atoms with Crippen molar-refractivity contribution < 1.29 is 27.4 Å². The Balaban J connectivity index is 2.14. The molecule has 0 spiro atoms. The second-order valence-corrected chi connectivity index (χ2v) is 5.08. The Hall–Kier alpha value is -2.54. The fraction of sp³-hybridized carbons (Fsp3) is 0.278. The van der Waals surface area contributed by atoms with E-state index >= 15 is 0 Å². The Morgan fingerprint density at radius 2 is 1.84 bits per heavy atom. The number of nitrogens with one attached hydrogen (secondary N) is 1. The van der Waals surface area contributed by atoms with Gasteiger partial charge in [-0.15, -0.1) is 0 Å². The third-order valence-electron chi connectivity index (χ3n) is 3.28. The van der Waals surface area contributed by atoms with Crippen molar-refractivity contribution in [3.8, 4) is 0 Å². The summed E-state index contributed by atoms with van der Waals surface area (Å²) in [6.45, 7) is 2.73. The Morgan fingerprint density at radius 1 is 1.08 bits per heavy atom. The van der Waals surface area contributed by atoms with Gasteiger partial charge in [0, 0.05) is 12.3 Å². The van der Waals surface area contributed by atoms with Crippen molar-refractivity contribution in [3.63, 3.8) is 0 Å². The van der Waals surface area contributed by atoms with Gasteiger partial charge < -0.3 is 14.8 Å². The molecule has 0 aliphatic carbocycles. The predicted octanol–water partition coefficient (Wildman–Crippen LogP) is 4.64. The first-order valence-electron chi connectivity index (χ1n) is 7.70. The third kappa shape index (κ3) is 5.49. The summed E-state index contributed by atoms with van der Waals surface area (Å²) in [5.74, 6) is -0.574. The van der Waals surface area contributed by atoms with E-state index in [2.05, 4.69) is 5.32 Å². The van der Waals surface area contributed by atoms with E-state index in [-0.39, 0.29) is 24.5 Å². The quantitative estimate of drug-likeness (QED) is 0.582. The number of carbonyl (C=O) groups is 1. The van der Waals surface area contributed by atoms with Gasteiger partial charge in [0.2, 0.25) is 0 Å². The molecule has 0 aliphatic heterocycles. The minimum absolute atomic E-state index is 0.102. The molecule has 2 aromatic carbocycles. The first-order valence-corrected chi connectivity index (χ1v) is 7.70. The molecule has 2 rings (SSSR count). The molecule has 0 aliphatic rings. The molecule has 0 heterocycles. The van der Waals surface area contributed by atoms with E-state index in [9.17, 15) is 18.0 Å². The molecule has 7 heteroatoms. The molecule has 25 heavy (non-hydrogen) atoms. The van der Waals surface area contributed by atoms with Crippen molar-refractivity contribution in [2.75, 3.05) is 25.1 Å². The maximum absolute atomic E-state index is 12.8. The van der Waals surface area contributed by atoms with Crippen molar-refractivity contribution in [2.24, 2.45) is 0 Å². The highest BCUT2D eigenvalue weighted by Crippen LogP contribution is 2.31. The van der Waals surface area contributed by atoms with Gasteiger partial charge in [-0.2, -0.15) is 13.2 Å². The third-order valence-corrected chi connectivity index (χ3v) is 3.28. The van der Waals surface area contributed by atoms with Gasteiger partial charge in [-0.25, -0.2) is 4.79 Å². The highest BCUT2D eigenvalue weighted by molar-refractivity contribution is 5.96. The van der Waals surface area contributed by atoms with Crippen molar-refractivity contribution >= 4 is 17.3 Å². The summed E-state index contributed by atoms with van der Waals surface area (Å²) in [5.41, 5.74) is 0.0540. The summed E-state index contributed by atoms with van der Waals surface area (Å²) in [5, 5.41) is 2.84. The van der Waals surface area contributed by atoms with E-state index in [4.69, 9.17) is 9.47 Å². The Labute approximate surface area is 143 Å². The van der Waals surface area contributed by atoms with Crippen LogP contribution in [0.3, 0.4) is 0 Å². The summed E-state index contributed by atoms with van der Waals surface area (Å²) in [7, 11) is 0. The number of carbonyl (C=O) groups excluding carboxylic acids is 1. The summed E-state index contributed by atoms with van der Waals surface area (Å²) in [6, 6.07) is 11.2. The van der Waals surface area contributed by atoms with Crippen LogP contribution in [0, 0.1) is 0 Å². The van der Waals surface area contributed by atoms with Gasteiger partial charge in [0.25, 0.3) is 0 Å². The smallest absolute Gasteiger partial charge is 0.416 e. The van der Waals surface area contributed by atoms with Crippen LogP contribution < -0.4 is 5.32 Å². The molecule has 2 aromatic rings. The zero-order chi connectivity index (χ0) is 18.3. The zero-order valence-corrected chi connectivity index (χ0v) is 13.6. The van der Waals surface area contributed by atoms with Gasteiger partial charge >= 0.3 is 12.1 Å². The summed E-state index contributed by atoms with van der Waals surface area (Å²) >= 11 is 0. The molecule has 134 valence electrons. The van der Waals surface area contributed by atoms with Crippen LogP contribution in [0.1, 0.15) is 22.8 Å². The zero-order valence-electron chi connectivity index (χ0n) is 13.6. The number of esters is 1. The fourth-order valence-corrected chi connectivity index (χ4v) is 2.11. The van der Waals surface area contributed by atoms with Crippen LogP contribution in [0.2, 0.25) is 0 Å². The maximum atomic E-state index is 12.8. The maximum Gasteiger partial charge on any atom is 0.416 e.